The first-order valence-corrected chi connectivity index (χ1v) is 6.09. The molecule has 0 fully saturated rings. The Kier molecular flexibility index (Phi) is 2.94. The number of rotatable bonds is 2. The van der Waals surface area contributed by atoms with Crippen LogP contribution in [0.5, 0.6) is 11.6 Å². The number of benzene rings is 2. The van der Waals surface area contributed by atoms with Crippen molar-refractivity contribution >= 4 is 16.5 Å². The van der Waals surface area contributed by atoms with Gasteiger partial charge in [0.15, 0.2) is 0 Å². The molecule has 0 aliphatic heterocycles. The first-order valence-electron chi connectivity index (χ1n) is 6.09. The molecule has 96 valence electrons. The first-order chi connectivity index (χ1) is 9.78. The molecule has 4 heteroatoms. The third-order valence-electron chi connectivity index (χ3n) is 3.01. The Morgan fingerprint density at radius 3 is 2.65 bits per heavy atom. The molecule has 20 heavy (non-hydrogen) atoms. The number of pyridine rings is 1. The highest BCUT2D eigenvalue weighted by Crippen LogP contribution is 2.29. The zero-order valence-electron chi connectivity index (χ0n) is 10.6. The molecule has 0 radical (unpaired) electrons. The molecule has 0 atom stereocenters. The van der Waals surface area contributed by atoms with E-state index in [-0.39, 0.29) is 11.6 Å². The summed E-state index contributed by atoms with van der Waals surface area (Å²) in [5, 5.41) is 11.1. The quantitative estimate of drug-likeness (QED) is 0.766. The van der Waals surface area contributed by atoms with E-state index in [9.17, 15) is 0 Å². The lowest BCUT2D eigenvalue weighted by Gasteiger charge is -2.08. The minimum absolute atomic E-state index is 0.249. The first kappa shape index (κ1) is 12.0. The Labute approximate surface area is 116 Å². The van der Waals surface area contributed by atoms with Gasteiger partial charge < -0.3 is 10.5 Å². The van der Waals surface area contributed by atoms with E-state index in [0.29, 0.717) is 11.3 Å². The SMILES string of the molecule is N#Cc1ccnc(Oc2ccc3ccccc3c2)c1N. The highest BCUT2D eigenvalue weighted by Gasteiger charge is 2.08. The molecule has 0 bridgehead atoms. The summed E-state index contributed by atoms with van der Waals surface area (Å²) in [6.07, 6.45) is 1.51. The minimum atomic E-state index is 0.249. The molecule has 1 heterocycles. The number of nitriles is 1. The third-order valence-corrected chi connectivity index (χ3v) is 3.01. The number of hydrogen-bond donors (Lipinski definition) is 1. The molecule has 0 unspecified atom stereocenters. The summed E-state index contributed by atoms with van der Waals surface area (Å²) in [6, 6.07) is 17.3. The van der Waals surface area contributed by atoms with Crippen LogP contribution in [0.4, 0.5) is 5.69 Å². The fraction of sp³-hybridized carbons (Fsp3) is 0. The van der Waals surface area contributed by atoms with Gasteiger partial charge in [0.05, 0.1) is 5.56 Å². The van der Waals surface area contributed by atoms with Crippen LogP contribution < -0.4 is 10.5 Å². The van der Waals surface area contributed by atoms with Gasteiger partial charge in [-0.1, -0.05) is 30.3 Å². The fourth-order valence-electron chi connectivity index (χ4n) is 1.98. The molecule has 4 nitrogen and oxygen atoms in total. The molecule has 0 spiro atoms. The lowest BCUT2D eigenvalue weighted by atomic mass is 10.1. The van der Waals surface area contributed by atoms with Gasteiger partial charge in [0, 0.05) is 6.20 Å². The predicted octanol–water partition coefficient (Wildman–Crippen LogP) is 3.48. The number of ether oxygens (including phenoxy) is 1. The van der Waals surface area contributed by atoms with Gasteiger partial charge in [-0.3, -0.25) is 0 Å². The summed E-state index contributed by atoms with van der Waals surface area (Å²) in [6.45, 7) is 0. The molecule has 3 rings (SSSR count). The highest BCUT2D eigenvalue weighted by atomic mass is 16.5. The van der Waals surface area contributed by atoms with Crippen LogP contribution in [0.15, 0.2) is 54.7 Å². The summed E-state index contributed by atoms with van der Waals surface area (Å²) in [4.78, 5) is 4.06. The number of nitrogens with zero attached hydrogens (tertiary/aromatic N) is 2. The van der Waals surface area contributed by atoms with Crippen molar-refractivity contribution in [3.8, 4) is 17.7 Å². The van der Waals surface area contributed by atoms with Gasteiger partial charge in [-0.2, -0.15) is 5.26 Å². The van der Waals surface area contributed by atoms with E-state index < -0.39 is 0 Å². The zero-order chi connectivity index (χ0) is 13.9. The van der Waals surface area contributed by atoms with Gasteiger partial charge in [-0.25, -0.2) is 4.98 Å². The standard InChI is InChI=1S/C16H11N3O/c17-10-13-7-8-19-16(15(13)18)20-14-6-5-11-3-1-2-4-12(11)9-14/h1-9H,18H2. The predicted molar refractivity (Wildman–Crippen MR) is 77.4 cm³/mol. The lowest BCUT2D eigenvalue weighted by molar-refractivity contribution is 0.466. The smallest absolute Gasteiger partial charge is 0.244 e. The topological polar surface area (TPSA) is 71.9 Å². The summed E-state index contributed by atoms with van der Waals surface area (Å²) in [5.74, 6) is 0.886. The maximum absolute atomic E-state index is 8.94. The van der Waals surface area contributed by atoms with Gasteiger partial charge in [0.2, 0.25) is 5.88 Å². The lowest BCUT2D eigenvalue weighted by Crippen LogP contribution is -1.97. The average Bonchev–Trinajstić information content (AvgIpc) is 2.49. The van der Waals surface area contributed by atoms with Crippen molar-refractivity contribution in [3.05, 3.63) is 60.3 Å². The Hall–Kier alpha value is -3.06. The van der Waals surface area contributed by atoms with Crippen molar-refractivity contribution in [2.24, 2.45) is 0 Å². The summed E-state index contributed by atoms with van der Waals surface area (Å²) >= 11 is 0. The van der Waals surface area contributed by atoms with Crippen LogP contribution in [0.25, 0.3) is 10.8 Å². The highest BCUT2D eigenvalue weighted by molar-refractivity contribution is 5.83. The van der Waals surface area contributed by atoms with E-state index in [1.54, 1.807) is 6.07 Å². The fourth-order valence-corrected chi connectivity index (χ4v) is 1.98. The molecular weight excluding hydrogens is 250 g/mol. The van der Waals surface area contributed by atoms with Crippen LogP contribution >= 0.6 is 0 Å². The molecule has 0 amide bonds. The second-order valence-corrected chi connectivity index (χ2v) is 4.30. The molecule has 0 saturated heterocycles. The summed E-state index contributed by atoms with van der Waals surface area (Å²) in [5.41, 5.74) is 6.45. The van der Waals surface area contributed by atoms with Crippen molar-refractivity contribution in [2.45, 2.75) is 0 Å². The Bertz CT molecular complexity index is 821. The Balaban J connectivity index is 1.99. The minimum Gasteiger partial charge on any atom is -0.437 e. The maximum Gasteiger partial charge on any atom is 0.244 e. The normalized spacial score (nSPS) is 10.2. The Morgan fingerprint density at radius 2 is 1.85 bits per heavy atom. The van der Waals surface area contributed by atoms with Crippen molar-refractivity contribution in [2.75, 3.05) is 5.73 Å². The molecule has 2 N–H and O–H groups in total. The number of hydrogen-bond acceptors (Lipinski definition) is 4. The molecular formula is C16H11N3O. The average molecular weight is 261 g/mol. The number of fused-ring (bicyclic) bond motifs is 1. The monoisotopic (exact) mass is 261 g/mol. The molecule has 0 aliphatic rings. The second-order valence-electron chi connectivity index (χ2n) is 4.30. The van der Waals surface area contributed by atoms with E-state index in [1.807, 2.05) is 48.5 Å². The number of nitrogens with two attached hydrogens (primary N) is 1. The zero-order valence-corrected chi connectivity index (χ0v) is 10.6. The van der Waals surface area contributed by atoms with Crippen LogP contribution in [0.3, 0.4) is 0 Å². The van der Waals surface area contributed by atoms with Crippen LogP contribution in [-0.2, 0) is 0 Å². The number of aromatic nitrogens is 1. The van der Waals surface area contributed by atoms with E-state index in [4.69, 9.17) is 15.7 Å². The third kappa shape index (κ3) is 2.13. The van der Waals surface area contributed by atoms with E-state index in [1.165, 1.54) is 6.20 Å². The van der Waals surface area contributed by atoms with Crippen molar-refractivity contribution < 1.29 is 4.74 Å². The number of nitrogen functional groups attached to an aromatic ring is 1. The summed E-state index contributed by atoms with van der Waals surface area (Å²) in [7, 11) is 0. The van der Waals surface area contributed by atoms with E-state index in [0.717, 1.165) is 10.8 Å². The van der Waals surface area contributed by atoms with Crippen LogP contribution in [-0.4, -0.2) is 4.98 Å². The Morgan fingerprint density at radius 1 is 1.05 bits per heavy atom. The maximum atomic E-state index is 8.94. The van der Waals surface area contributed by atoms with E-state index in [2.05, 4.69) is 4.98 Å². The van der Waals surface area contributed by atoms with Gasteiger partial charge in [0.1, 0.15) is 17.5 Å². The van der Waals surface area contributed by atoms with Gasteiger partial charge >= 0.3 is 0 Å². The van der Waals surface area contributed by atoms with Gasteiger partial charge in [0.25, 0.3) is 0 Å². The molecule has 3 aromatic rings. The largest absolute Gasteiger partial charge is 0.437 e. The van der Waals surface area contributed by atoms with Crippen molar-refractivity contribution in [3.63, 3.8) is 0 Å². The molecule has 2 aromatic carbocycles. The molecule has 1 aromatic heterocycles. The molecule has 0 saturated carbocycles. The van der Waals surface area contributed by atoms with E-state index >= 15 is 0 Å². The van der Waals surface area contributed by atoms with Crippen molar-refractivity contribution in [1.82, 2.24) is 4.98 Å². The van der Waals surface area contributed by atoms with Crippen LogP contribution in [0.2, 0.25) is 0 Å². The second kappa shape index (κ2) is 4.90. The van der Waals surface area contributed by atoms with Gasteiger partial charge in [-0.05, 0) is 29.0 Å². The van der Waals surface area contributed by atoms with Crippen LogP contribution in [0, 0.1) is 11.3 Å². The van der Waals surface area contributed by atoms with Crippen LogP contribution in [0.1, 0.15) is 5.56 Å². The van der Waals surface area contributed by atoms with Crippen molar-refractivity contribution in [1.29, 1.82) is 5.26 Å². The number of anilines is 1. The molecule has 0 aliphatic carbocycles. The van der Waals surface area contributed by atoms with Gasteiger partial charge in [-0.15, -0.1) is 0 Å². The summed E-state index contributed by atoms with van der Waals surface area (Å²) < 4.78 is 5.67.